The molecule has 20 heteroatoms. The van der Waals surface area contributed by atoms with E-state index in [-0.39, 0.29) is 68.9 Å². The summed E-state index contributed by atoms with van der Waals surface area (Å²) >= 11 is 0. The Morgan fingerprint density at radius 3 is 1.73 bits per heavy atom. The Morgan fingerprint density at radius 1 is 0.700 bits per heavy atom. The lowest BCUT2D eigenvalue weighted by Crippen LogP contribution is -2.44. The van der Waals surface area contributed by atoms with Crippen molar-refractivity contribution in [3.05, 3.63) is 113 Å². The van der Waals surface area contributed by atoms with Gasteiger partial charge in [-0.3, -0.25) is 14.5 Å². The van der Waals surface area contributed by atoms with Gasteiger partial charge in [0.1, 0.15) is 24.1 Å². The van der Waals surface area contributed by atoms with Crippen molar-refractivity contribution in [2.75, 3.05) is 106 Å². The lowest BCUT2D eigenvalue weighted by molar-refractivity contribution is -0.147. The number of esters is 1. The second-order valence-corrected chi connectivity index (χ2v) is 16.8. The maximum atomic E-state index is 13.7. The second-order valence-electron chi connectivity index (χ2n) is 16.8. The normalized spacial score (nSPS) is 12.8. The van der Waals surface area contributed by atoms with E-state index in [1.54, 1.807) is 20.8 Å². The van der Waals surface area contributed by atoms with Crippen LogP contribution in [0.25, 0.3) is 11.1 Å². The first-order chi connectivity index (χ1) is 33.6. The van der Waals surface area contributed by atoms with Crippen LogP contribution in [0.5, 0.6) is 11.6 Å². The minimum Gasteiger partial charge on any atom is -0.465 e. The van der Waals surface area contributed by atoms with Gasteiger partial charge in [-0.2, -0.15) is 13.2 Å². The number of pyridine rings is 1. The zero-order chi connectivity index (χ0) is 50.4. The third-order valence-corrected chi connectivity index (χ3v) is 10.6. The van der Waals surface area contributed by atoms with Gasteiger partial charge in [0.05, 0.1) is 92.5 Å². The van der Waals surface area contributed by atoms with E-state index >= 15 is 0 Å². The van der Waals surface area contributed by atoms with Crippen LogP contribution in [0.2, 0.25) is 0 Å². The summed E-state index contributed by atoms with van der Waals surface area (Å²) < 4.78 is 90.8. The Hall–Kier alpha value is -5.71. The predicted molar refractivity (Wildman–Crippen MR) is 250 cm³/mol. The number of benzene rings is 3. The van der Waals surface area contributed by atoms with Gasteiger partial charge in [-0.15, -0.1) is 0 Å². The number of hydrogen-bond acceptors (Lipinski definition) is 14. The van der Waals surface area contributed by atoms with Gasteiger partial charge in [-0.05, 0) is 72.9 Å². The highest BCUT2D eigenvalue weighted by Crippen LogP contribution is 2.44. The summed E-state index contributed by atoms with van der Waals surface area (Å²) in [4.78, 5) is 41.7. The smallest absolute Gasteiger partial charge is 0.433 e. The fourth-order valence-electron chi connectivity index (χ4n) is 7.09. The summed E-state index contributed by atoms with van der Waals surface area (Å²) in [5, 5.41) is 12.3. The summed E-state index contributed by atoms with van der Waals surface area (Å²) in [5.41, 5.74) is 8.67. The fraction of sp³-hybridized carbons (Fsp3) is 0.480. The van der Waals surface area contributed by atoms with E-state index in [1.807, 2.05) is 24.3 Å². The average Bonchev–Trinajstić information content (AvgIpc) is 3.65. The van der Waals surface area contributed by atoms with Crippen molar-refractivity contribution in [2.24, 2.45) is 5.73 Å². The number of carboxylic acid groups (broad SMARTS) is 1. The van der Waals surface area contributed by atoms with Crippen molar-refractivity contribution in [3.8, 4) is 22.8 Å². The van der Waals surface area contributed by atoms with Crippen molar-refractivity contribution in [2.45, 2.75) is 51.0 Å². The molecule has 17 nitrogen and oxygen atoms in total. The van der Waals surface area contributed by atoms with Gasteiger partial charge in [0.15, 0.2) is 0 Å². The summed E-state index contributed by atoms with van der Waals surface area (Å²) in [6, 6.07) is 23.2. The summed E-state index contributed by atoms with van der Waals surface area (Å²) in [5.74, 6) is -1.36. The molecule has 1 aromatic heterocycles. The van der Waals surface area contributed by atoms with Gasteiger partial charge in [0.2, 0.25) is 5.88 Å². The summed E-state index contributed by atoms with van der Waals surface area (Å²) in [6.07, 6.45) is -6.11. The fourth-order valence-corrected chi connectivity index (χ4v) is 7.09. The first kappa shape index (κ1) is 55.2. The maximum absolute atomic E-state index is 13.7. The third kappa shape index (κ3) is 18.2. The Bertz CT molecular complexity index is 2220. The lowest BCUT2D eigenvalue weighted by Gasteiger charge is -2.33. The van der Waals surface area contributed by atoms with Gasteiger partial charge in [-0.25, -0.2) is 9.78 Å². The number of nitrogens with two attached hydrogens (primary N) is 1. The van der Waals surface area contributed by atoms with E-state index in [4.69, 9.17) is 48.4 Å². The molecule has 70 heavy (non-hydrogen) atoms. The van der Waals surface area contributed by atoms with Crippen LogP contribution >= 0.6 is 0 Å². The highest BCUT2D eigenvalue weighted by molar-refractivity contribution is 5.94. The van der Waals surface area contributed by atoms with E-state index in [2.05, 4.69) is 34.6 Å². The number of amides is 2. The molecule has 0 aliphatic heterocycles. The van der Waals surface area contributed by atoms with Gasteiger partial charge >= 0.3 is 18.2 Å². The van der Waals surface area contributed by atoms with Crippen molar-refractivity contribution in [3.63, 3.8) is 0 Å². The molecular formula is C50H63F3N4O13. The molecule has 0 saturated carbocycles. The molecule has 4 aromatic rings. The molecule has 1 unspecified atom stereocenters. The lowest BCUT2D eigenvalue weighted by atomic mass is 9.98. The third-order valence-electron chi connectivity index (χ3n) is 10.6. The topological polar surface area (TPSA) is 209 Å². The standard InChI is InChI=1S/C50H63F3N4O13/c1-49(2,3)57(48(60)61)32-35-29-44(50(51,52)53)56-45(30-35)70-37-10-8-9-36(31-37)46(58)55-15-16-62-17-18-63-19-20-64-21-22-65-23-24-66-25-26-67-27-28-68-34-43(54)47(59)69-33-42-40-13-6-4-11-38(40)39-12-5-7-14-41(39)42/h4-14,29-31,42-43H,15-28,32-34,54H2,1-3H3,(H,55,58)(H,60,61). The van der Waals surface area contributed by atoms with Crippen LogP contribution in [0.15, 0.2) is 84.9 Å². The SMILES string of the molecule is CC(C)(C)N(Cc1cc(Oc2cccc(C(=O)NCCOCCOCCOCCOCCOCCOCCOCC(N)C(=O)OCC3c4ccccc4-c4ccccc43)c2)nc(C(F)(F)F)c1)C(=O)O. The molecule has 382 valence electrons. The Balaban J connectivity index is 0.800. The van der Waals surface area contributed by atoms with Crippen LogP contribution in [-0.4, -0.2) is 150 Å². The zero-order valence-corrected chi connectivity index (χ0v) is 39.7. The molecule has 0 spiro atoms. The molecule has 0 saturated heterocycles. The van der Waals surface area contributed by atoms with E-state index < -0.39 is 47.3 Å². The Kier molecular flexibility index (Phi) is 22.3. The molecule has 1 aliphatic rings. The number of alkyl halides is 3. The van der Waals surface area contributed by atoms with Crippen molar-refractivity contribution in [1.29, 1.82) is 0 Å². The number of ether oxygens (including phenoxy) is 9. The van der Waals surface area contributed by atoms with Crippen LogP contribution in [0.1, 0.15) is 59.4 Å². The summed E-state index contributed by atoms with van der Waals surface area (Å²) in [6.45, 7) is 9.39. The minimum atomic E-state index is -4.82. The largest absolute Gasteiger partial charge is 0.465 e. The number of rotatable bonds is 31. The molecular weight excluding hydrogens is 922 g/mol. The second kappa shape index (κ2) is 28.2. The number of fused-ring (bicyclic) bond motifs is 3. The number of nitrogens with zero attached hydrogens (tertiary/aromatic N) is 2. The van der Waals surface area contributed by atoms with Gasteiger partial charge in [-0.1, -0.05) is 54.6 Å². The van der Waals surface area contributed by atoms with Crippen molar-refractivity contribution in [1.82, 2.24) is 15.2 Å². The molecule has 0 bridgehead atoms. The van der Waals surface area contributed by atoms with Crippen LogP contribution in [0, 0.1) is 0 Å². The van der Waals surface area contributed by atoms with Gasteiger partial charge in [0, 0.05) is 36.2 Å². The first-order valence-electron chi connectivity index (χ1n) is 22.9. The molecule has 1 heterocycles. The van der Waals surface area contributed by atoms with Crippen LogP contribution < -0.4 is 15.8 Å². The van der Waals surface area contributed by atoms with Crippen molar-refractivity contribution >= 4 is 18.0 Å². The first-order valence-corrected chi connectivity index (χ1v) is 22.9. The molecule has 1 aliphatic carbocycles. The van der Waals surface area contributed by atoms with Crippen LogP contribution in [0.4, 0.5) is 18.0 Å². The number of carbonyl (C=O) groups is 3. The average molecular weight is 985 g/mol. The van der Waals surface area contributed by atoms with E-state index in [1.165, 1.54) is 30.3 Å². The number of nitrogens with one attached hydrogen (secondary N) is 1. The molecule has 0 radical (unpaired) electrons. The Labute approximate surface area is 405 Å². The summed E-state index contributed by atoms with van der Waals surface area (Å²) in [7, 11) is 0. The highest BCUT2D eigenvalue weighted by Gasteiger charge is 2.35. The molecule has 2 amide bonds. The molecule has 3 aromatic carbocycles. The zero-order valence-electron chi connectivity index (χ0n) is 39.7. The number of aromatic nitrogens is 1. The number of carbonyl (C=O) groups excluding carboxylic acids is 2. The Morgan fingerprint density at radius 2 is 1.21 bits per heavy atom. The van der Waals surface area contributed by atoms with Gasteiger partial charge in [0.25, 0.3) is 5.91 Å². The van der Waals surface area contributed by atoms with Crippen molar-refractivity contribution < 1.29 is 75.3 Å². The maximum Gasteiger partial charge on any atom is 0.433 e. The minimum absolute atomic E-state index is 0.0215. The number of halogens is 3. The van der Waals surface area contributed by atoms with E-state index in [0.29, 0.717) is 66.1 Å². The number of hydrogen-bond donors (Lipinski definition) is 3. The van der Waals surface area contributed by atoms with E-state index in [9.17, 15) is 32.7 Å². The highest BCUT2D eigenvalue weighted by atomic mass is 19.4. The van der Waals surface area contributed by atoms with Gasteiger partial charge < -0.3 is 58.8 Å². The molecule has 4 N–H and O–H groups in total. The van der Waals surface area contributed by atoms with Crippen LogP contribution in [-0.2, 0) is 55.4 Å². The molecule has 5 rings (SSSR count). The van der Waals surface area contributed by atoms with E-state index in [0.717, 1.165) is 33.2 Å². The quantitative estimate of drug-likeness (QED) is 0.0354. The monoisotopic (exact) mass is 984 g/mol. The molecule has 0 fully saturated rings. The van der Waals surface area contributed by atoms with Crippen LogP contribution in [0.3, 0.4) is 0 Å². The molecule has 1 atom stereocenters. The predicted octanol–water partition coefficient (Wildman–Crippen LogP) is 6.70.